The lowest BCUT2D eigenvalue weighted by Gasteiger charge is -2.15. The number of nitrogens with one attached hydrogen (secondary N) is 1. The van der Waals surface area contributed by atoms with Crippen molar-refractivity contribution < 1.29 is 29.0 Å². The number of nitrogens with zero attached hydrogens (tertiary/aromatic N) is 1. The van der Waals surface area contributed by atoms with Crippen LogP contribution in [0.25, 0.3) is 0 Å². The standard InChI is InChI=1S/C14H14N2O6S/c1-2-22-10(17)7-16-12(18)11(23-14(16)21)15-9-6-4-3-5-8(9)13(19)20/h3-6,11,15H,2,7H2,1H3,(H,19,20). The van der Waals surface area contributed by atoms with Crippen LogP contribution >= 0.6 is 11.8 Å². The first-order chi connectivity index (χ1) is 10.9. The smallest absolute Gasteiger partial charge is 0.337 e. The molecule has 1 atom stereocenters. The van der Waals surface area contributed by atoms with Gasteiger partial charge in [0.15, 0.2) is 5.37 Å². The highest BCUT2D eigenvalue weighted by molar-refractivity contribution is 8.15. The van der Waals surface area contributed by atoms with Crippen LogP contribution in [0.1, 0.15) is 17.3 Å². The predicted octanol–water partition coefficient (Wildman–Crippen LogP) is 1.38. The predicted molar refractivity (Wildman–Crippen MR) is 82.1 cm³/mol. The van der Waals surface area contributed by atoms with Gasteiger partial charge in [0, 0.05) is 5.69 Å². The van der Waals surface area contributed by atoms with Crippen LogP contribution in [0.15, 0.2) is 24.3 Å². The maximum atomic E-state index is 12.2. The molecule has 2 rings (SSSR count). The van der Waals surface area contributed by atoms with Crippen LogP contribution in [-0.4, -0.2) is 51.6 Å². The summed E-state index contributed by atoms with van der Waals surface area (Å²) in [6, 6.07) is 6.04. The lowest BCUT2D eigenvalue weighted by molar-refractivity contribution is -0.146. The first-order valence-electron chi connectivity index (χ1n) is 6.70. The molecule has 1 aromatic carbocycles. The Morgan fingerprint density at radius 3 is 2.70 bits per heavy atom. The van der Waals surface area contributed by atoms with Gasteiger partial charge in [-0.15, -0.1) is 0 Å². The highest BCUT2D eigenvalue weighted by Crippen LogP contribution is 2.29. The molecule has 1 aliphatic rings. The van der Waals surface area contributed by atoms with E-state index in [-0.39, 0.29) is 17.9 Å². The second-order valence-electron chi connectivity index (χ2n) is 4.49. The van der Waals surface area contributed by atoms with E-state index in [1.54, 1.807) is 19.1 Å². The molecule has 0 saturated carbocycles. The molecular weight excluding hydrogens is 324 g/mol. The number of esters is 1. The number of rotatable bonds is 6. The van der Waals surface area contributed by atoms with Crippen molar-refractivity contribution in [1.29, 1.82) is 0 Å². The van der Waals surface area contributed by atoms with E-state index in [4.69, 9.17) is 9.84 Å². The van der Waals surface area contributed by atoms with E-state index in [2.05, 4.69) is 5.32 Å². The molecule has 122 valence electrons. The molecular formula is C14H14N2O6S. The number of ether oxygens (including phenoxy) is 1. The molecule has 1 saturated heterocycles. The molecule has 0 radical (unpaired) electrons. The van der Waals surface area contributed by atoms with Crippen LogP contribution in [0, 0.1) is 0 Å². The number of carboxylic acids is 1. The molecule has 0 spiro atoms. The van der Waals surface area contributed by atoms with Gasteiger partial charge in [-0.2, -0.15) is 0 Å². The summed E-state index contributed by atoms with van der Waals surface area (Å²) in [5.74, 6) is -2.45. The molecule has 9 heteroatoms. The van der Waals surface area contributed by atoms with Crippen LogP contribution < -0.4 is 5.32 Å². The monoisotopic (exact) mass is 338 g/mol. The van der Waals surface area contributed by atoms with Gasteiger partial charge < -0.3 is 15.2 Å². The lowest BCUT2D eigenvalue weighted by atomic mass is 10.2. The second kappa shape index (κ2) is 7.14. The van der Waals surface area contributed by atoms with Crippen molar-refractivity contribution in [2.24, 2.45) is 0 Å². The van der Waals surface area contributed by atoms with E-state index >= 15 is 0 Å². The Morgan fingerprint density at radius 2 is 2.04 bits per heavy atom. The van der Waals surface area contributed by atoms with E-state index in [1.807, 2.05) is 0 Å². The second-order valence-corrected chi connectivity index (χ2v) is 5.54. The SMILES string of the molecule is CCOC(=O)CN1C(=O)SC(Nc2ccccc2C(=O)O)C1=O. The maximum Gasteiger partial charge on any atom is 0.337 e. The zero-order valence-electron chi connectivity index (χ0n) is 12.1. The quantitative estimate of drug-likeness (QED) is 0.748. The maximum absolute atomic E-state index is 12.2. The molecule has 1 fully saturated rings. The number of carboxylic acid groups (broad SMARTS) is 1. The molecule has 2 N–H and O–H groups in total. The number of hydrogen-bond donors (Lipinski definition) is 2. The number of benzene rings is 1. The molecule has 0 aliphatic carbocycles. The third-order valence-corrected chi connectivity index (χ3v) is 3.94. The Hall–Kier alpha value is -2.55. The molecule has 0 aromatic heterocycles. The molecule has 1 aliphatic heterocycles. The Kier molecular flexibility index (Phi) is 5.22. The minimum atomic E-state index is -1.15. The molecule has 1 unspecified atom stereocenters. The summed E-state index contributed by atoms with van der Waals surface area (Å²) in [6.07, 6.45) is 0. The molecule has 2 amide bonds. The van der Waals surface area contributed by atoms with Gasteiger partial charge in [0.1, 0.15) is 6.54 Å². The number of para-hydroxylation sites is 1. The van der Waals surface area contributed by atoms with Gasteiger partial charge in [-0.1, -0.05) is 12.1 Å². The molecule has 8 nitrogen and oxygen atoms in total. The van der Waals surface area contributed by atoms with Crippen molar-refractivity contribution in [3.8, 4) is 0 Å². The van der Waals surface area contributed by atoms with Crippen molar-refractivity contribution in [2.45, 2.75) is 12.3 Å². The average Bonchev–Trinajstić information content (AvgIpc) is 2.75. The van der Waals surface area contributed by atoms with Gasteiger partial charge in [0.25, 0.3) is 11.1 Å². The van der Waals surface area contributed by atoms with E-state index < -0.39 is 35.0 Å². The highest BCUT2D eigenvalue weighted by atomic mass is 32.2. The van der Waals surface area contributed by atoms with Gasteiger partial charge in [-0.05, 0) is 30.8 Å². The Bertz CT molecular complexity index is 662. The summed E-state index contributed by atoms with van der Waals surface area (Å²) in [6.45, 7) is 1.31. The molecule has 0 bridgehead atoms. The molecule has 1 heterocycles. The molecule has 1 aromatic rings. The van der Waals surface area contributed by atoms with Crippen molar-refractivity contribution in [3.05, 3.63) is 29.8 Å². The van der Waals surface area contributed by atoms with Gasteiger partial charge in [-0.3, -0.25) is 19.3 Å². The van der Waals surface area contributed by atoms with Gasteiger partial charge in [-0.25, -0.2) is 4.79 Å². The summed E-state index contributed by atoms with van der Waals surface area (Å²) in [7, 11) is 0. The van der Waals surface area contributed by atoms with Crippen molar-refractivity contribution in [2.75, 3.05) is 18.5 Å². The third-order valence-electron chi connectivity index (χ3n) is 2.97. The van der Waals surface area contributed by atoms with E-state index in [0.717, 1.165) is 4.90 Å². The summed E-state index contributed by atoms with van der Waals surface area (Å²) < 4.78 is 4.71. The fourth-order valence-corrected chi connectivity index (χ4v) is 2.85. The van der Waals surface area contributed by atoms with Gasteiger partial charge >= 0.3 is 11.9 Å². The lowest BCUT2D eigenvalue weighted by Crippen LogP contribution is -2.38. The van der Waals surface area contributed by atoms with Crippen LogP contribution in [0.5, 0.6) is 0 Å². The van der Waals surface area contributed by atoms with Gasteiger partial charge in [0.05, 0.1) is 12.2 Å². The number of thioether (sulfide) groups is 1. The average molecular weight is 338 g/mol. The zero-order valence-corrected chi connectivity index (χ0v) is 13.0. The number of amides is 2. The number of carbonyl (C=O) groups excluding carboxylic acids is 3. The number of imide groups is 1. The van der Waals surface area contributed by atoms with E-state index in [1.165, 1.54) is 12.1 Å². The minimum Gasteiger partial charge on any atom is -0.478 e. The third kappa shape index (κ3) is 3.81. The Labute approximate surface area is 135 Å². The first kappa shape index (κ1) is 16.8. The fourth-order valence-electron chi connectivity index (χ4n) is 1.95. The fraction of sp³-hybridized carbons (Fsp3) is 0.286. The van der Waals surface area contributed by atoms with E-state index in [9.17, 15) is 19.2 Å². The van der Waals surface area contributed by atoms with E-state index in [0.29, 0.717) is 11.8 Å². The zero-order chi connectivity index (χ0) is 17.0. The normalized spacial score (nSPS) is 17.3. The first-order valence-corrected chi connectivity index (χ1v) is 7.58. The number of hydrogen-bond acceptors (Lipinski definition) is 7. The Morgan fingerprint density at radius 1 is 1.35 bits per heavy atom. The minimum absolute atomic E-state index is 0.0165. The molecule has 23 heavy (non-hydrogen) atoms. The van der Waals surface area contributed by atoms with Crippen LogP contribution in [-0.2, 0) is 14.3 Å². The summed E-state index contributed by atoms with van der Waals surface area (Å²) in [5.41, 5.74) is 0.203. The van der Waals surface area contributed by atoms with Crippen LogP contribution in [0.4, 0.5) is 10.5 Å². The number of aromatic carboxylic acids is 1. The number of anilines is 1. The van der Waals surface area contributed by atoms with Crippen molar-refractivity contribution in [3.63, 3.8) is 0 Å². The van der Waals surface area contributed by atoms with Crippen molar-refractivity contribution >= 4 is 40.5 Å². The number of carbonyl (C=O) groups is 4. The highest BCUT2D eigenvalue weighted by Gasteiger charge is 2.41. The van der Waals surface area contributed by atoms with Crippen molar-refractivity contribution in [1.82, 2.24) is 4.90 Å². The largest absolute Gasteiger partial charge is 0.478 e. The van der Waals surface area contributed by atoms with Gasteiger partial charge in [0.2, 0.25) is 0 Å². The topological polar surface area (TPSA) is 113 Å². The summed E-state index contributed by atoms with van der Waals surface area (Å²) in [4.78, 5) is 47.4. The summed E-state index contributed by atoms with van der Waals surface area (Å²) in [5, 5.41) is 10.3. The van der Waals surface area contributed by atoms with Crippen LogP contribution in [0.2, 0.25) is 0 Å². The Balaban J connectivity index is 2.11. The summed E-state index contributed by atoms with van der Waals surface area (Å²) >= 11 is 0.683. The van der Waals surface area contributed by atoms with Crippen LogP contribution in [0.3, 0.4) is 0 Å².